The van der Waals surface area contributed by atoms with Gasteiger partial charge >= 0.3 is 0 Å². The van der Waals surface area contributed by atoms with E-state index in [1.54, 1.807) is 42.6 Å². The van der Waals surface area contributed by atoms with Crippen LogP contribution >= 0.6 is 0 Å². The van der Waals surface area contributed by atoms with E-state index in [-0.39, 0.29) is 5.82 Å². The maximum absolute atomic E-state index is 12.2. The second-order valence-electron chi connectivity index (χ2n) is 4.26. The van der Waals surface area contributed by atoms with Crippen molar-refractivity contribution in [3.05, 3.63) is 64.2 Å². The highest BCUT2D eigenvalue weighted by Gasteiger charge is 2.19. The summed E-state index contributed by atoms with van der Waals surface area (Å²) in [5.41, 5.74) is 2.38. The number of nitrogens with zero attached hydrogens (tertiary/aromatic N) is 3. The van der Waals surface area contributed by atoms with Gasteiger partial charge in [0.15, 0.2) is 5.82 Å². The fourth-order valence-electron chi connectivity index (χ4n) is 1.59. The fraction of sp³-hybridized carbons (Fsp3) is 0.143. The van der Waals surface area contributed by atoms with Crippen molar-refractivity contribution in [1.29, 1.82) is 0 Å². The van der Waals surface area contributed by atoms with Gasteiger partial charge in [-0.05, 0) is 37.6 Å². The largest absolute Gasteiger partial charge is 0.282 e. The van der Waals surface area contributed by atoms with E-state index in [1.165, 1.54) is 0 Å². The Morgan fingerprint density at radius 2 is 1.68 bits per heavy atom. The number of nitroso groups, excluding NO2 is 1. The van der Waals surface area contributed by atoms with Crippen LogP contribution in [-0.4, -0.2) is 10.9 Å². The van der Waals surface area contributed by atoms with Gasteiger partial charge in [-0.15, -0.1) is 9.92 Å². The smallest absolute Gasteiger partial charge is 0.267 e. The van der Waals surface area contributed by atoms with E-state index in [2.05, 4.69) is 10.3 Å². The van der Waals surface area contributed by atoms with Gasteiger partial charge in [0.1, 0.15) is 0 Å². The molecule has 0 saturated carbocycles. The fourth-order valence-corrected chi connectivity index (χ4v) is 1.59. The first kappa shape index (κ1) is 12.9. The lowest BCUT2D eigenvalue weighted by Crippen LogP contribution is -2.25. The Hall–Kier alpha value is -2.56. The Labute approximate surface area is 110 Å². The molecule has 5 nitrogen and oxygen atoms in total. The van der Waals surface area contributed by atoms with Crippen molar-refractivity contribution in [3.8, 4) is 0 Å². The molecule has 1 heterocycles. The van der Waals surface area contributed by atoms with Gasteiger partial charge in [-0.1, -0.05) is 23.8 Å². The summed E-state index contributed by atoms with van der Waals surface area (Å²) >= 11 is 0. The molecule has 19 heavy (non-hydrogen) atoms. The first-order valence-electron chi connectivity index (χ1n) is 5.79. The molecule has 0 unspecified atom stereocenters. The highest BCUT2D eigenvalue weighted by atomic mass is 16.3. The van der Waals surface area contributed by atoms with Gasteiger partial charge in [0.05, 0.1) is 5.29 Å². The normalized spacial score (nSPS) is 10.0. The average molecular weight is 255 g/mol. The van der Waals surface area contributed by atoms with Crippen molar-refractivity contribution >= 4 is 11.7 Å². The summed E-state index contributed by atoms with van der Waals surface area (Å²) in [6.07, 6.45) is 1.58. The van der Waals surface area contributed by atoms with Crippen LogP contribution in [0.15, 0.2) is 47.9 Å². The SMILES string of the molecule is Cc1ccc(C(=O)N(N=O)c2ccc(C)cn2)cc1. The first-order chi connectivity index (χ1) is 9.11. The Morgan fingerprint density at radius 1 is 1.05 bits per heavy atom. The predicted molar refractivity (Wildman–Crippen MR) is 72.8 cm³/mol. The van der Waals surface area contributed by atoms with Crippen molar-refractivity contribution in [2.24, 2.45) is 5.29 Å². The molecule has 0 bridgehead atoms. The lowest BCUT2D eigenvalue weighted by molar-refractivity contribution is 0.0986. The molecule has 0 atom stereocenters. The lowest BCUT2D eigenvalue weighted by atomic mass is 10.1. The molecule has 5 heteroatoms. The van der Waals surface area contributed by atoms with Gasteiger partial charge in [0, 0.05) is 11.8 Å². The third-order valence-corrected chi connectivity index (χ3v) is 2.69. The third-order valence-electron chi connectivity index (χ3n) is 2.69. The van der Waals surface area contributed by atoms with Gasteiger partial charge in [-0.25, -0.2) is 4.98 Å². The number of aromatic nitrogens is 1. The number of hydrogen-bond acceptors (Lipinski definition) is 4. The lowest BCUT2D eigenvalue weighted by Gasteiger charge is -2.12. The number of benzene rings is 1. The highest BCUT2D eigenvalue weighted by Crippen LogP contribution is 2.15. The molecule has 0 aliphatic carbocycles. The number of anilines is 1. The van der Waals surface area contributed by atoms with Gasteiger partial charge in [0.25, 0.3) is 5.91 Å². The van der Waals surface area contributed by atoms with Gasteiger partial charge in [-0.3, -0.25) is 4.79 Å². The number of hydrogen-bond donors (Lipinski definition) is 0. The molecule has 2 aromatic rings. The van der Waals surface area contributed by atoms with Crippen LogP contribution in [-0.2, 0) is 0 Å². The summed E-state index contributed by atoms with van der Waals surface area (Å²) in [6, 6.07) is 10.3. The molecule has 96 valence electrons. The number of carbonyl (C=O) groups excluding carboxylic acids is 1. The zero-order valence-electron chi connectivity index (χ0n) is 10.7. The van der Waals surface area contributed by atoms with Crippen LogP contribution in [0.2, 0.25) is 0 Å². The molecule has 0 aliphatic heterocycles. The third kappa shape index (κ3) is 2.82. The molecule has 1 aromatic heterocycles. The molecular weight excluding hydrogens is 242 g/mol. The number of amides is 1. The van der Waals surface area contributed by atoms with Crippen LogP contribution in [0.25, 0.3) is 0 Å². The molecule has 1 amide bonds. The van der Waals surface area contributed by atoms with Crippen molar-refractivity contribution in [2.75, 3.05) is 5.01 Å². The Morgan fingerprint density at radius 3 is 2.21 bits per heavy atom. The molecule has 0 N–H and O–H groups in total. The minimum absolute atomic E-state index is 0.214. The second kappa shape index (κ2) is 5.39. The van der Waals surface area contributed by atoms with E-state index in [4.69, 9.17) is 0 Å². The van der Waals surface area contributed by atoms with Crippen LogP contribution in [0.1, 0.15) is 21.5 Å². The number of rotatable bonds is 3. The van der Waals surface area contributed by atoms with Crippen LogP contribution in [0.3, 0.4) is 0 Å². The molecule has 0 aliphatic rings. The Kier molecular flexibility index (Phi) is 3.66. The van der Waals surface area contributed by atoms with Crippen LogP contribution in [0, 0.1) is 18.8 Å². The number of carbonyl (C=O) groups is 1. The summed E-state index contributed by atoms with van der Waals surface area (Å²) in [6.45, 7) is 3.79. The maximum atomic E-state index is 12.2. The van der Waals surface area contributed by atoms with Crippen molar-refractivity contribution in [2.45, 2.75) is 13.8 Å². The summed E-state index contributed by atoms with van der Waals surface area (Å²) in [5, 5.41) is 3.51. The van der Waals surface area contributed by atoms with Gasteiger partial charge in [-0.2, -0.15) is 0 Å². The quantitative estimate of drug-likeness (QED) is 0.625. The Balaban J connectivity index is 2.31. The average Bonchev–Trinajstić information content (AvgIpc) is 2.42. The first-order valence-corrected chi connectivity index (χ1v) is 5.79. The zero-order valence-corrected chi connectivity index (χ0v) is 10.7. The van der Waals surface area contributed by atoms with Crippen LogP contribution < -0.4 is 5.01 Å². The summed E-state index contributed by atoms with van der Waals surface area (Å²) in [4.78, 5) is 27.1. The molecule has 0 spiro atoms. The zero-order chi connectivity index (χ0) is 13.8. The number of pyridine rings is 1. The maximum Gasteiger partial charge on any atom is 0.282 e. The topological polar surface area (TPSA) is 62.6 Å². The minimum Gasteiger partial charge on any atom is -0.267 e. The molecule has 2 rings (SSSR count). The summed E-state index contributed by atoms with van der Waals surface area (Å²) in [7, 11) is 0. The molecule has 0 saturated heterocycles. The molecule has 1 aromatic carbocycles. The van der Waals surface area contributed by atoms with E-state index >= 15 is 0 Å². The van der Waals surface area contributed by atoms with Crippen molar-refractivity contribution < 1.29 is 4.79 Å². The van der Waals surface area contributed by atoms with Crippen LogP contribution in [0.4, 0.5) is 5.82 Å². The Bertz CT molecular complexity index is 591. The molecule has 0 fully saturated rings. The standard InChI is InChI=1S/C14H13N3O2/c1-10-3-6-12(7-4-10)14(18)17(16-19)13-8-5-11(2)9-15-13/h3-9H,1-2H3. The van der Waals surface area contributed by atoms with Gasteiger partial charge in [0.2, 0.25) is 0 Å². The van der Waals surface area contributed by atoms with E-state index in [0.29, 0.717) is 5.56 Å². The minimum atomic E-state index is -0.494. The number of aryl methyl sites for hydroxylation is 2. The predicted octanol–water partition coefficient (Wildman–Crippen LogP) is 3.03. The van der Waals surface area contributed by atoms with E-state index < -0.39 is 5.91 Å². The molecule has 0 radical (unpaired) electrons. The summed E-state index contributed by atoms with van der Waals surface area (Å²) < 4.78 is 0. The highest BCUT2D eigenvalue weighted by molar-refractivity contribution is 6.05. The van der Waals surface area contributed by atoms with Gasteiger partial charge < -0.3 is 0 Å². The van der Waals surface area contributed by atoms with E-state index in [9.17, 15) is 9.70 Å². The van der Waals surface area contributed by atoms with Crippen molar-refractivity contribution in [1.82, 2.24) is 4.98 Å². The van der Waals surface area contributed by atoms with Crippen molar-refractivity contribution in [3.63, 3.8) is 0 Å². The second-order valence-corrected chi connectivity index (χ2v) is 4.26. The van der Waals surface area contributed by atoms with E-state index in [0.717, 1.165) is 16.1 Å². The summed E-state index contributed by atoms with van der Waals surface area (Å²) in [5.74, 6) is -0.280. The molecular formula is C14H13N3O2. The monoisotopic (exact) mass is 255 g/mol. The van der Waals surface area contributed by atoms with E-state index in [1.807, 2.05) is 13.8 Å². The van der Waals surface area contributed by atoms with Crippen LogP contribution in [0.5, 0.6) is 0 Å².